The van der Waals surface area contributed by atoms with Gasteiger partial charge >= 0.3 is 5.97 Å². The minimum absolute atomic E-state index is 0.0323. The van der Waals surface area contributed by atoms with E-state index in [4.69, 9.17) is 5.73 Å². The molecule has 0 radical (unpaired) electrons. The number of nitrogens with zero attached hydrogens (tertiary/aromatic N) is 2. The highest BCUT2D eigenvalue weighted by atomic mass is 32.1. The number of anilines is 1. The zero-order valence-corrected chi connectivity index (χ0v) is 14.7. The van der Waals surface area contributed by atoms with E-state index in [-0.39, 0.29) is 11.8 Å². The van der Waals surface area contributed by atoms with Crippen LogP contribution in [0.4, 0.5) is 5.13 Å². The van der Waals surface area contributed by atoms with Crippen LogP contribution in [0.3, 0.4) is 0 Å². The lowest BCUT2D eigenvalue weighted by molar-refractivity contribution is 0.0695. The monoisotopic (exact) mass is 367 g/mol. The van der Waals surface area contributed by atoms with Crippen molar-refractivity contribution >= 4 is 38.6 Å². The largest absolute Gasteiger partial charge is 0.478 e. The summed E-state index contributed by atoms with van der Waals surface area (Å²) in [6, 6.07) is 12.4. The number of carboxylic acid groups (broad SMARTS) is 1. The van der Waals surface area contributed by atoms with Crippen molar-refractivity contribution in [3.05, 3.63) is 59.2 Å². The lowest BCUT2D eigenvalue weighted by atomic mass is 9.93. The van der Waals surface area contributed by atoms with Crippen LogP contribution in [0.1, 0.15) is 38.6 Å². The van der Waals surface area contributed by atoms with Crippen LogP contribution in [0.2, 0.25) is 0 Å². The van der Waals surface area contributed by atoms with Gasteiger partial charge in [-0.3, -0.25) is 4.79 Å². The molecule has 1 saturated heterocycles. The van der Waals surface area contributed by atoms with E-state index in [1.807, 2.05) is 18.2 Å². The number of amides is 1. The van der Waals surface area contributed by atoms with Gasteiger partial charge in [0.15, 0.2) is 5.13 Å². The smallest absolute Gasteiger partial charge is 0.335 e. The van der Waals surface area contributed by atoms with E-state index in [2.05, 4.69) is 4.98 Å². The lowest BCUT2D eigenvalue weighted by Crippen LogP contribution is -2.28. The number of thiazole rings is 1. The topological polar surface area (TPSA) is 96.5 Å². The van der Waals surface area contributed by atoms with Gasteiger partial charge in [0.05, 0.1) is 15.8 Å². The van der Waals surface area contributed by atoms with Crippen LogP contribution < -0.4 is 5.73 Å². The van der Waals surface area contributed by atoms with Crippen LogP contribution in [0.5, 0.6) is 0 Å². The Balaban J connectivity index is 1.56. The van der Waals surface area contributed by atoms with Crippen molar-refractivity contribution in [3.63, 3.8) is 0 Å². The highest BCUT2D eigenvalue weighted by Gasteiger charge is 2.30. The second kappa shape index (κ2) is 6.42. The fourth-order valence-corrected chi connectivity index (χ4v) is 4.22. The lowest BCUT2D eigenvalue weighted by Gasteiger charge is -2.17. The Bertz CT molecular complexity index is 1010. The summed E-state index contributed by atoms with van der Waals surface area (Å²) in [6.45, 7) is 1.12. The molecule has 2 heterocycles. The number of carbonyl (C=O) groups is 2. The van der Waals surface area contributed by atoms with E-state index in [0.29, 0.717) is 29.3 Å². The summed E-state index contributed by atoms with van der Waals surface area (Å²) < 4.78 is 0.953. The highest BCUT2D eigenvalue weighted by Crippen LogP contribution is 2.31. The molecule has 3 N–H and O–H groups in total. The number of fused-ring (bicyclic) bond motifs is 1. The van der Waals surface area contributed by atoms with Gasteiger partial charge in [-0.15, -0.1) is 0 Å². The zero-order chi connectivity index (χ0) is 18.3. The van der Waals surface area contributed by atoms with Crippen molar-refractivity contribution < 1.29 is 14.7 Å². The van der Waals surface area contributed by atoms with Crippen molar-refractivity contribution in [2.75, 3.05) is 18.8 Å². The number of benzene rings is 2. The van der Waals surface area contributed by atoms with Crippen molar-refractivity contribution in [1.29, 1.82) is 0 Å². The highest BCUT2D eigenvalue weighted by molar-refractivity contribution is 7.22. The van der Waals surface area contributed by atoms with E-state index in [0.717, 1.165) is 22.2 Å². The third-order valence-corrected chi connectivity index (χ3v) is 5.62. The average molecular weight is 367 g/mol. The molecule has 1 aliphatic heterocycles. The van der Waals surface area contributed by atoms with Gasteiger partial charge in [0, 0.05) is 24.6 Å². The first-order valence-electron chi connectivity index (χ1n) is 8.30. The Morgan fingerprint density at radius 1 is 1.23 bits per heavy atom. The molecule has 7 heteroatoms. The molecule has 3 aromatic rings. The van der Waals surface area contributed by atoms with Gasteiger partial charge in [0.1, 0.15) is 0 Å². The fourth-order valence-electron chi connectivity index (χ4n) is 3.51. The number of nitrogens with two attached hydrogens (primary N) is 1. The molecule has 2 aromatic carbocycles. The van der Waals surface area contributed by atoms with Gasteiger partial charge in [-0.05, 0) is 36.2 Å². The van der Waals surface area contributed by atoms with E-state index in [1.165, 1.54) is 11.3 Å². The summed E-state index contributed by atoms with van der Waals surface area (Å²) in [5.74, 6) is -0.962. The van der Waals surface area contributed by atoms with Gasteiger partial charge < -0.3 is 15.7 Å². The second-order valence-corrected chi connectivity index (χ2v) is 7.43. The molecule has 1 atom stereocenters. The van der Waals surface area contributed by atoms with Gasteiger partial charge in [-0.25, -0.2) is 9.78 Å². The predicted molar refractivity (Wildman–Crippen MR) is 101 cm³/mol. The van der Waals surface area contributed by atoms with Crippen molar-refractivity contribution in [1.82, 2.24) is 9.88 Å². The van der Waals surface area contributed by atoms with Gasteiger partial charge in [0.2, 0.25) is 0 Å². The molecule has 4 rings (SSSR count). The van der Waals surface area contributed by atoms with E-state index in [9.17, 15) is 14.7 Å². The second-order valence-electron chi connectivity index (χ2n) is 6.36. The molecule has 6 nitrogen and oxygen atoms in total. The number of carbonyl (C=O) groups excluding carboxylic acids is 1. The maximum atomic E-state index is 12.8. The van der Waals surface area contributed by atoms with Gasteiger partial charge in [-0.1, -0.05) is 29.5 Å². The molecule has 0 spiro atoms. The van der Waals surface area contributed by atoms with Crippen molar-refractivity contribution in [3.8, 4) is 0 Å². The number of hydrogen-bond acceptors (Lipinski definition) is 5. The molecule has 1 aliphatic rings. The first kappa shape index (κ1) is 16.5. The molecule has 1 amide bonds. The average Bonchev–Trinajstić information content (AvgIpc) is 3.26. The normalized spacial score (nSPS) is 16.9. The first-order chi connectivity index (χ1) is 12.5. The van der Waals surface area contributed by atoms with Crippen LogP contribution in [-0.2, 0) is 0 Å². The summed E-state index contributed by atoms with van der Waals surface area (Å²) in [6.07, 6.45) is 0.752. The molecule has 0 unspecified atom stereocenters. The molecular formula is C19H17N3O3S. The Labute approximate surface area is 153 Å². The Hall–Kier alpha value is -2.93. The molecule has 0 saturated carbocycles. The number of hydrogen-bond donors (Lipinski definition) is 2. The zero-order valence-electron chi connectivity index (χ0n) is 13.9. The molecule has 0 aliphatic carbocycles. The Kier molecular flexibility index (Phi) is 4.08. The minimum Gasteiger partial charge on any atom is -0.478 e. The van der Waals surface area contributed by atoms with E-state index in [1.54, 1.807) is 29.2 Å². The quantitative estimate of drug-likeness (QED) is 0.741. The number of likely N-dealkylation sites (tertiary alicyclic amines) is 1. The molecule has 0 bridgehead atoms. The molecule has 1 fully saturated rings. The molecule has 132 valence electrons. The van der Waals surface area contributed by atoms with Crippen LogP contribution in [0, 0.1) is 0 Å². The number of nitrogen functional groups attached to an aromatic ring is 1. The maximum absolute atomic E-state index is 12.8. The van der Waals surface area contributed by atoms with E-state index >= 15 is 0 Å². The SMILES string of the molecule is Nc1nc2cc(C(=O)N3CC[C@H](c4ccccc4C(=O)O)C3)ccc2s1. The van der Waals surface area contributed by atoms with E-state index < -0.39 is 5.97 Å². The Morgan fingerprint density at radius 3 is 2.85 bits per heavy atom. The third-order valence-electron chi connectivity index (χ3n) is 4.76. The third kappa shape index (κ3) is 2.90. The van der Waals surface area contributed by atoms with Crippen LogP contribution in [0.15, 0.2) is 42.5 Å². The van der Waals surface area contributed by atoms with Crippen molar-refractivity contribution in [2.45, 2.75) is 12.3 Å². The summed E-state index contributed by atoms with van der Waals surface area (Å²) in [5.41, 5.74) is 8.13. The van der Waals surface area contributed by atoms with Crippen LogP contribution in [0.25, 0.3) is 10.2 Å². The number of aromatic nitrogens is 1. The number of carboxylic acids is 1. The van der Waals surface area contributed by atoms with Crippen LogP contribution in [-0.4, -0.2) is 40.0 Å². The molecular weight excluding hydrogens is 350 g/mol. The van der Waals surface area contributed by atoms with Gasteiger partial charge in [-0.2, -0.15) is 0 Å². The number of rotatable bonds is 3. The van der Waals surface area contributed by atoms with Gasteiger partial charge in [0.25, 0.3) is 5.91 Å². The van der Waals surface area contributed by atoms with Crippen molar-refractivity contribution in [2.24, 2.45) is 0 Å². The summed E-state index contributed by atoms with van der Waals surface area (Å²) >= 11 is 1.39. The summed E-state index contributed by atoms with van der Waals surface area (Å²) in [7, 11) is 0. The summed E-state index contributed by atoms with van der Waals surface area (Å²) in [5, 5.41) is 9.87. The number of aromatic carboxylic acids is 1. The Morgan fingerprint density at radius 2 is 2.04 bits per heavy atom. The molecule has 1 aromatic heterocycles. The minimum atomic E-state index is -0.933. The maximum Gasteiger partial charge on any atom is 0.335 e. The standard InChI is InChI=1S/C19H17N3O3S/c20-19-21-15-9-11(5-6-16(15)26-19)17(23)22-8-7-12(10-22)13-3-1-2-4-14(13)18(24)25/h1-6,9,12H,7-8,10H2,(H2,20,21)(H,24,25)/t12-/m0/s1. The fraction of sp³-hybridized carbons (Fsp3) is 0.211. The first-order valence-corrected chi connectivity index (χ1v) is 9.12. The predicted octanol–water partition coefficient (Wildman–Crippen LogP) is 3.21. The molecule has 26 heavy (non-hydrogen) atoms. The summed E-state index contributed by atoms with van der Waals surface area (Å²) in [4.78, 5) is 30.3. The van der Waals surface area contributed by atoms with Crippen LogP contribution >= 0.6 is 11.3 Å².